The number of carbonyl (C=O) groups is 1. The van der Waals surface area contributed by atoms with E-state index < -0.39 is 16.1 Å². The lowest BCUT2D eigenvalue weighted by atomic mass is 10.0. The van der Waals surface area contributed by atoms with Gasteiger partial charge in [-0.1, -0.05) is 54.9 Å². The largest absolute Gasteiger partial charge is 0.469 e. The summed E-state index contributed by atoms with van der Waals surface area (Å²) in [4.78, 5) is 18.5. The van der Waals surface area contributed by atoms with Crippen molar-refractivity contribution in [1.82, 2.24) is 14.6 Å². The molecule has 2 atom stereocenters. The summed E-state index contributed by atoms with van der Waals surface area (Å²) in [6.45, 7) is 3.01. The molecule has 0 aliphatic heterocycles. The maximum absolute atomic E-state index is 13.3. The van der Waals surface area contributed by atoms with Gasteiger partial charge < -0.3 is 4.74 Å². The molecular formula is C27H32ClN3O4S. The van der Waals surface area contributed by atoms with Gasteiger partial charge in [-0.05, 0) is 54.3 Å². The molecule has 9 heteroatoms. The number of methoxy groups -OCH3 is 1. The van der Waals surface area contributed by atoms with Gasteiger partial charge in [0.2, 0.25) is 10.0 Å². The summed E-state index contributed by atoms with van der Waals surface area (Å²) in [5.41, 5.74) is 1.84. The molecule has 0 aliphatic carbocycles. The minimum Gasteiger partial charge on any atom is -0.469 e. The lowest BCUT2D eigenvalue weighted by Crippen LogP contribution is -2.42. The van der Waals surface area contributed by atoms with Crippen molar-refractivity contribution in [1.29, 1.82) is 0 Å². The van der Waals surface area contributed by atoms with E-state index >= 15 is 0 Å². The number of benzene rings is 2. The molecule has 1 heterocycles. The van der Waals surface area contributed by atoms with Crippen molar-refractivity contribution >= 4 is 27.6 Å². The van der Waals surface area contributed by atoms with E-state index in [1.165, 1.54) is 19.2 Å². The second-order valence-electron chi connectivity index (χ2n) is 8.51. The van der Waals surface area contributed by atoms with Crippen molar-refractivity contribution in [2.75, 3.05) is 13.7 Å². The predicted molar refractivity (Wildman–Crippen MR) is 141 cm³/mol. The number of hydrogen-bond acceptors (Lipinski definition) is 6. The molecule has 0 fully saturated rings. The summed E-state index contributed by atoms with van der Waals surface area (Å²) < 4.78 is 34.4. The molecule has 0 amide bonds. The van der Waals surface area contributed by atoms with Crippen molar-refractivity contribution in [3.63, 3.8) is 0 Å². The monoisotopic (exact) mass is 529 g/mol. The van der Waals surface area contributed by atoms with Crippen LogP contribution in [0.2, 0.25) is 5.02 Å². The Morgan fingerprint density at radius 1 is 1.08 bits per heavy atom. The van der Waals surface area contributed by atoms with E-state index in [1.54, 1.807) is 24.5 Å². The third-order valence-electron chi connectivity index (χ3n) is 6.05. The fourth-order valence-electron chi connectivity index (χ4n) is 4.10. The molecule has 0 bridgehead atoms. The van der Waals surface area contributed by atoms with Gasteiger partial charge in [-0.2, -0.15) is 0 Å². The van der Waals surface area contributed by atoms with Crippen LogP contribution in [0.15, 0.2) is 84.0 Å². The van der Waals surface area contributed by atoms with Crippen molar-refractivity contribution in [2.24, 2.45) is 0 Å². The van der Waals surface area contributed by atoms with Gasteiger partial charge in [0, 0.05) is 43.0 Å². The Bertz CT molecular complexity index is 1190. The Morgan fingerprint density at radius 2 is 1.81 bits per heavy atom. The Balaban J connectivity index is 1.93. The normalized spacial score (nSPS) is 13.3. The van der Waals surface area contributed by atoms with Crippen LogP contribution in [0, 0.1) is 0 Å². The maximum atomic E-state index is 13.3. The maximum Gasteiger partial charge on any atom is 0.305 e. The molecule has 7 nitrogen and oxygen atoms in total. The van der Waals surface area contributed by atoms with Crippen molar-refractivity contribution in [3.8, 4) is 0 Å². The molecule has 0 saturated heterocycles. The minimum atomic E-state index is -3.83. The van der Waals surface area contributed by atoms with E-state index in [1.807, 2.05) is 42.5 Å². The molecular weight excluding hydrogens is 498 g/mol. The zero-order valence-corrected chi connectivity index (χ0v) is 22.1. The highest BCUT2D eigenvalue weighted by Crippen LogP contribution is 2.24. The van der Waals surface area contributed by atoms with E-state index in [0.717, 1.165) is 17.5 Å². The lowest BCUT2D eigenvalue weighted by molar-refractivity contribution is -0.141. The first kappa shape index (κ1) is 27.8. The number of nitrogens with zero attached hydrogens (tertiary/aromatic N) is 2. The number of hydrogen-bond donors (Lipinski definition) is 1. The predicted octanol–water partition coefficient (Wildman–Crippen LogP) is 4.99. The third-order valence-corrected chi connectivity index (χ3v) is 7.79. The van der Waals surface area contributed by atoms with Crippen LogP contribution in [-0.2, 0) is 26.1 Å². The van der Waals surface area contributed by atoms with E-state index in [9.17, 15) is 13.2 Å². The highest BCUT2D eigenvalue weighted by Gasteiger charge is 2.27. The van der Waals surface area contributed by atoms with Crippen molar-refractivity contribution < 1.29 is 17.9 Å². The first-order chi connectivity index (χ1) is 17.3. The smallest absolute Gasteiger partial charge is 0.305 e. The molecule has 3 rings (SSSR count). The zero-order chi connectivity index (χ0) is 26.0. The van der Waals surface area contributed by atoms with Gasteiger partial charge in [0.05, 0.1) is 18.0 Å². The quantitative estimate of drug-likeness (QED) is 0.314. The van der Waals surface area contributed by atoms with Gasteiger partial charge in [0.1, 0.15) is 0 Å². The van der Waals surface area contributed by atoms with Crippen LogP contribution in [0.4, 0.5) is 0 Å². The summed E-state index contributed by atoms with van der Waals surface area (Å²) in [7, 11) is -2.44. The molecule has 3 aromatic rings. The SMILES string of the molecule is CCC(CCC(=O)OC)N(Cc1cccnc1)C[C@H](NS(=O)(=O)c1ccc(Cl)cc1)c1ccccc1. The summed E-state index contributed by atoms with van der Waals surface area (Å²) in [6, 6.07) is 18.9. The standard InChI is InChI=1S/C27H32ClN3O4S/c1-3-24(13-16-27(32)35-2)31(19-21-8-7-17-29-18-21)20-26(22-9-5-4-6-10-22)30-36(33,34)25-14-11-23(28)12-15-25/h4-12,14-15,17-18,24,26,30H,3,13,16,19-20H2,1-2H3/t24?,26-/m0/s1. The molecule has 192 valence electrons. The van der Waals surface area contributed by atoms with E-state index in [2.05, 4.69) is 21.5 Å². The number of esters is 1. The van der Waals surface area contributed by atoms with Gasteiger partial charge in [0.25, 0.3) is 0 Å². The fraction of sp³-hybridized carbons (Fsp3) is 0.333. The van der Waals surface area contributed by atoms with E-state index in [4.69, 9.17) is 16.3 Å². The number of pyridine rings is 1. The second kappa shape index (κ2) is 13.5. The second-order valence-corrected chi connectivity index (χ2v) is 10.7. The number of carbonyl (C=O) groups excluding carboxylic acids is 1. The molecule has 1 N–H and O–H groups in total. The van der Waals surface area contributed by atoms with Gasteiger partial charge >= 0.3 is 5.97 Å². The number of nitrogens with one attached hydrogen (secondary N) is 1. The Morgan fingerprint density at radius 3 is 2.42 bits per heavy atom. The van der Waals surface area contributed by atoms with Crippen molar-refractivity contribution in [2.45, 2.75) is 49.7 Å². The summed E-state index contributed by atoms with van der Waals surface area (Å²) >= 11 is 5.96. The van der Waals surface area contributed by atoms with E-state index in [-0.39, 0.29) is 23.3 Å². The van der Waals surface area contributed by atoms with Gasteiger partial charge in [-0.15, -0.1) is 0 Å². The summed E-state index contributed by atoms with van der Waals surface area (Å²) in [5, 5.41) is 0.465. The molecule has 0 spiro atoms. The Labute approximate surface area is 218 Å². The van der Waals surface area contributed by atoms with Crippen LogP contribution in [-0.4, -0.2) is 44.0 Å². The topological polar surface area (TPSA) is 88.6 Å². The molecule has 0 radical (unpaired) electrons. The van der Waals surface area contributed by atoms with Crippen LogP contribution in [0.5, 0.6) is 0 Å². The van der Waals surface area contributed by atoms with Crippen LogP contribution in [0.3, 0.4) is 0 Å². The average molecular weight is 530 g/mol. The van der Waals surface area contributed by atoms with Crippen LogP contribution in [0.1, 0.15) is 43.4 Å². The molecule has 1 aromatic heterocycles. The molecule has 36 heavy (non-hydrogen) atoms. The number of ether oxygens (including phenoxy) is 1. The van der Waals surface area contributed by atoms with Crippen LogP contribution in [0.25, 0.3) is 0 Å². The highest BCUT2D eigenvalue weighted by atomic mass is 35.5. The number of aromatic nitrogens is 1. The Hall–Kier alpha value is -2.78. The van der Waals surface area contributed by atoms with Gasteiger partial charge in [-0.3, -0.25) is 14.7 Å². The average Bonchev–Trinajstić information content (AvgIpc) is 2.89. The van der Waals surface area contributed by atoms with Crippen LogP contribution < -0.4 is 4.72 Å². The van der Waals surface area contributed by atoms with Gasteiger partial charge in [-0.25, -0.2) is 13.1 Å². The highest BCUT2D eigenvalue weighted by molar-refractivity contribution is 7.89. The van der Waals surface area contributed by atoms with Crippen molar-refractivity contribution in [3.05, 3.63) is 95.3 Å². The van der Waals surface area contributed by atoms with E-state index in [0.29, 0.717) is 24.5 Å². The zero-order valence-electron chi connectivity index (χ0n) is 20.5. The number of sulfonamides is 1. The molecule has 1 unspecified atom stereocenters. The number of halogens is 1. The first-order valence-electron chi connectivity index (χ1n) is 11.8. The molecule has 2 aromatic carbocycles. The lowest BCUT2D eigenvalue weighted by Gasteiger charge is -2.34. The fourth-order valence-corrected chi connectivity index (χ4v) is 5.44. The molecule has 0 aliphatic rings. The Kier molecular flexibility index (Phi) is 10.4. The molecule has 0 saturated carbocycles. The minimum absolute atomic E-state index is 0.0237. The third kappa shape index (κ3) is 8.13. The van der Waals surface area contributed by atoms with Crippen LogP contribution >= 0.6 is 11.6 Å². The summed E-state index contributed by atoms with van der Waals surface area (Å²) in [6.07, 6.45) is 5.17. The van der Waals surface area contributed by atoms with Gasteiger partial charge in [0.15, 0.2) is 0 Å². The first-order valence-corrected chi connectivity index (χ1v) is 13.7. The number of rotatable bonds is 13. The summed E-state index contributed by atoms with van der Waals surface area (Å²) in [5.74, 6) is -0.266.